The van der Waals surface area contributed by atoms with Crippen LogP contribution in [0, 0.1) is 19.7 Å². The number of anilines is 1. The van der Waals surface area contributed by atoms with Crippen LogP contribution in [0.2, 0.25) is 0 Å². The lowest BCUT2D eigenvalue weighted by atomic mass is 10.0. The highest BCUT2D eigenvalue weighted by Crippen LogP contribution is 2.19. The fourth-order valence-electron chi connectivity index (χ4n) is 2.09. The van der Waals surface area contributed by atoms with Crippen molar-refractivity contribution in [1.82, 2.24) is 0 Å². The first-order valence-electron chi connectivity index (χ1n) is 6.36. The number of benzene rings is 2. The maximum Gasteiger partial charge on any atom is 0.255 e. The molecule has 0 atom stereocenters. The van der Waals surface area contributed by atoms with Gasteiger partial charge in [0.25, 0.3) is 5.91 Å². The Hall–Kier alpha value is -2.27. The van der Waals surface area contributed by atoms with Crippen molar-refractivity contribution in [2.24, 2.45) is 5.73 Å². The van der Waals surface area contributed by atoms with Crippen molar-refractivity contribution < 1.29 is 9.18 Å². The van der Waals surface area contributed by atoms with E-state index in [0.29, 0.717) is 16.8 Å². The number of hydrogen-bond acceptors (Lipinski definition) is 2. The van der Waals surface area contributed by atoms with E-state index in [9.17, 15) is 9.18 Å². The summed E-state index contributed by atoms with van der Waals surface area (Å²) < 4.78 is 13.2. The molecular weight excluding hydrogens is 287 g/mol. The number of halogens is 1. The molecule has 1 amide bonds. The van der Waals surface area contributed by atoms with Crippen molar-refractivity contribution in [1.29, 1.82) is 0 Å². The molecule has 21 heavy (non-hydrogen) atoms. The van der Waals surface area contributed by atoms with Crippen LogP contribution in [0.15, 0.2) is 36.4 Å². The van der Waals surface area contributed by atoms with Crippen molar-refractivity contribution in [3.63, 3.8) is 0 Å². The smallest absolute Gasteiger partial charge is 0.255 e. The lowest BCUT2D eigenvalue weighted by Crippen LogP contribution is -2.18. The first-order valence-corrected chi connectivity index (χ1v) is 6.77. The predicted octanol–water partition coefficient (Wildman–Crippen LogP) is 3.33. The number of nitrogens with two attached hydrogens (primary N) is 1. The van der Waals surface area contributed by atoms with E-state index in [1.54, 1.807) is 6.07 Å². The molecule has 3 nitrogen and oxygen atoms in total. The average molecular weight is 302 g/mol. The lowest BCUT2D eigenvalue weighted by Gasteiger charge is -2.12. The van der Waals surface area contributed by atoms with Gasteiger partial charge in [-0.3, -0.25) is 4.79 Å². The van der Waals surface area contributed by atoms with Gasteiger partial charge in [-0.1, -0.05) is 29.9 Å². The van der Waals surface area contributed by atoms with Gasteiger partial charge < -0.3 is 11.1 Å². The summed E-state index contributed by atoms with van der Waals surface area (Å²) in [7, 11) is 0. The highest BCUT2D eigenvalue weighted by atomic mass is 32.1. The number of carbonyl (C=O) groups excluding carboxylic acids is 1. The van der Waals surface area contributed by atoms with Crippen molar-refractivity contribution in [2.45, 2.75) is 13.8 Å². The zero-order valence-corrected chi connectivity index (χ0v) is 12.6. The molecule has 0 saturated carbocycles. The third kappa shape index (κ3) is 3.44. The standard InChI is InChI=1S/C16H15FN2OS/c1-9-3-5-12(10(2)7-9)16(20)19-14-6-4-11(17)8-13(14)15(18)21/h3-8H,1-2H3,(H2,18,21)(H,19,20). The fraction of sp³-hybridized carbons (Fsp3) is 0.125. The number of amides is 1. The summed E-state index contributed by atoms with van der Waals surface area (Å²) in [5, 5.41) is 2.72. The van der Waals surface area contributed by atoms with E-state index >= 15 is 0 Å². The normalized spacial score (nSPS) is 10.2. The number of carbonyl (C=O) groups is 1. The van der Waals surface area contributed by atoms with Crippen LogP contribution in [0.1, 0.15) is 27.0 Å². The molecule has 0 aliphatic heterocycles. The molecule has 2 rings (SSSR count). The lowest BCUT2D eigenvalue weighted by molar-refractivity contribution is 0.102. The molecule has 0 fully saturated rings. The molecule has 0 radical (unpaired) electrons. The molecule has 0 saturated heterocycles. The van der Waals surface area contributed by atoms with Crippen LogP contribution < -0.4 is 11.1 Å². The molecule has 0 heterocycles. The van der Waals surface area contributed by atoms with Crippen molar-refractivity contribution >= 4 is 28.8 Å². The summed E-state index contributed by atoms with van der Waals surface area (Å²) in [6.07, 6.45) is 0. The summed E-state index contributed by atoms with van der Waals surface area (Å²) in [6.45, 7) is 3.82. The summed E-state index contributed by atoms with van der Waals surface area (Å²) in [5.74, 6) is -0.737. The van der Waals surface area contributed by atoms with Crippen molar-refractivity contribution in [2.75, 3.05) is 5.32 Å². The Labute approximate surface area is 128 Å². The van der Waals surface area contributed by atoms with Gasteiger partial charge in [-0.2, -0.15) is 0 Å². The van der Waals surface area contributed by atoms with Gasteiger partial charge in [0.1, 0.15) is 10.8 Å². The predicted molar refractivity (Wildman–Crippen MR) is 86.2 cm³/mol. The molecule has 2 aromatic carbocycles. The van der Waals surface area contributed by atoms with E-state index in [4.69, 9.17) is 18.0 Å². The Bertz CT molecular complexity index is 728. The minimum absolute atomic E-state index is 0.0328. The zero-order chi connectivity index (χ0) is 15.6. The zero-order valence-electron chi connectivity index (χ0n) is 11.7. The van der Waals surface area contributed by atoms with Gasteiger partial charge in [0, 0.05) is 11.1 Å². The molecule has 0 unspecified atom stereocenters. The minimum Gasteiger partial charge on any atom is -0.389 e. The molecular formula is C16H15FN2OS. The molecule has 0 spiro atoms. The number of hydrogen-bond donors (Lipinski definition) is 2. The van der Waals surface area contributed by atoms with Crippen molar-refractivity contribution in [3.8, 4) is 0 Å². The Balaban J connectivity index is 2.34. The SMILES string of the molecule is Cc1ccc(C(=O)Nc2ccc(F)cc2C(N)=S)c(C)c1. The Kier molecular flexibility index (Phi) is 4.33. The van der Waals surface area contributed by atoms with Crippen LogP contribution >= 0.6 is 12.2 Å². The molecule has 0 aliphatic carbocycles. The number of rotatable bonds is 3. The van der Waals surface area contributed by atoms with Crippen LogP contribution in [0.25, 0.3) is 0 Å². The van der Waals surface area contributed by atoms with E-state index in [2.05, 4.69) is 5.32 Å². The van der Waals surface area contributed by atoms with Gasteiger partial charge in [0.15, 0.2) is 0 Å². The van der Waals surface area contributed by atoms with Crippen LogP contribution in [0.3, 0.4) is 0 Å². The first kappa shape index (κ1) is 15.1. The summed E-state index contributed by atoms with van der Waals surface area (Å²) in [5.41, 5.74) is 8.77. The highest BCUT2D eigenvalue weighted by Gasteiger charge is 2.13. The van der Waals surface area contributed by atoms with E-state index < -0.39 is 5.82 Å². The second kappa shape index (κ2) is 6.01. The average Bonchev–Trinajstić information content (AvgIpc) is 2.40. The number of thiocarbonyl (C=S) groups is 1. The van der Waals surface area contributed by atoms with Gasteiger partial charge in [0.2, 0.25) is 0 Å². The van der Waals surface area contributed by atoms with E-state index in [-0.39, 0.29) is 10.9 Å². The Morgan fingerprint density at radius 2 is 1.86 bits per heavy atom. The quantitative estimate of drug-likeness (QED) is 0.855. The Morgan fingerprint density at radius 3 is 2.48 bits per heavy atom. The van der Waals surface area contributed by atoms with Crippen molar-refractivity contribution in [3.05, 3.63) is 64.5 Å². The van der Waals surface area contributed by atoms with E-state index in [1.807, 2.05) is 26.0 Å². The van der Waals surface area contributed by atoms with Gasteiger partial charge in [-0.05, 0) is 43.7 Å². The summed E-state index contributed by atoms with van der Waals surface area (Å²) in [4.78, 5) is 12.3. The largest absolute Gasteiger partial charge is 0.389 e. The van der Waals surface area contributed by atoms with Gasteiger partial charge in [0.05, 0.1) is 5.69 Å². The van der Waals surface area contributed by atoms with Crippen LogP contribution in [-0.2, 0) is 0 Å². The van der Waals surface area contributed by atoms with Gasteiger partial charge >= 0.3 is 0 Å². The van der Waals surface area contributed by atoms with E-state index in [0.717, 1.165) is 11.1 Å². The Morgan fingerprint density at radius 1 is 1.14 bits per heavy atom. The molecule has 5 heteroatoms. The number of aryl methyl sites for hydroxylation is 2. The van der Waals surface area contributed by atoms with Crippen LogP contribution in [-0.4, -0.2) is 10.9 Å². The summed E-state index contributed by atoms with van der Waals surface area (Å²) >= 11 is 4.88. The monoisotopic (exact) mass is 302 g/mol. The highest BCUT2D eigenvalue weighted by molar-refractivity contribution is 7.80. The second-order valence-corrected chi connectivity index (χ2v) is 5.27. The first-order chi connectivity index (χ1) is 9.88. The third-order valence-electron chi connectivity index (χ3n) is 3.12. The number of nitrogens with one attached hydrogen (secondary N) is 1. The molecule has 0 bridgehead atoms. The van der Waals surface area contributed by atoms with E-state index in [1.165, 1.54) is 18.2 Å². The van der Waals surface area contributed by atoms with Crippen LogP contribution in [0.5, 0.6) is 0 Å². The third-order valence-corrected chi connectivity index (χ3v) is 3.34. The summed E-state index contributed by atoms with van der Waals surface area (Å²) in [6, 6.07) is 9.45. The maximum absolute atomic E-state index is 13.2. The fourth-order valence-corrected chi connectivity index (χ4v) is 2.26. The topological polar surface area (TPSA) is 55.1 Å². The molecule has 3 N–H and O–H groups in total. The molecule has 0 aromatic heterocycles. The second-order valence-electron chi connectivity index (χ2n) is 4.83. The maximum atomic E-state index is 13.2. The minimum atomic E-state index is -0.456. The van der Waals surface area contributed by atoms with Crippen LogP contribution in [0.4, 0.5) is 10.1 Å². The molecule has 0 aliphatic rings. The molecule has 2 aromatic rings. The molecule has 108 valence electrons. The van der Waals surface area contributed by atoms with Gasteiger partial charge in [-0.25, -0.2) is 4.39 Å². The van der Waals surface area contributed by atoms with Gasteiger partial charge in [-0.15, -0.1) is 0 Å².